The summed E-state index contributed by atoms with van der Waals surface area (Å²) >= 11 is 0. The van der Waals surface area contributed by atoms with Crippen molar-refractivity contribution in [3.8, 4) is 5.75 Å². The molecular formula is C29H40N6O3. The highest BCUT2D eigenvalue weighted by Gasteiger charge is 2.20. The number of nitrogens with one attached hydrogen (secondary N) is 2. The van der Waals surface area contributed by atoms with E-state index in [-0.39, 0.29) is 12.6 Å². The number of anilines is 2. The Bertz CT molecular complexity index is 1350. The molecule has 38 heavy (non-hydrogen) atoms. The van der Waals surface area contributed by atoms with Gasteiger partial charge in [-0.15, -0.1) is 0 Å². The number of hydrogen-bond acceptors (Lipinski definition) is 8. The van der Waals surface area contributed by atoms with Crippen molar-refractivity contribution in [1.29, 1.82) is 0 Å². The highest BCUT2D eigenvalue weighted by Crippen LogP contribution is 2.34. The van der Waals surface area contributed by atoms with Crippen LogP contribution < -0.4 is 21.1 Å². The van der Waals surface area contributed by atoms with Gasteiger partial charge in [0.25, 0.3) is 0 Å². The van der Waals surface area contributed by atoms with Crippen LogP contribution in [-0.4, -0.2) is 59.2 Å². The number of hydrogen-bond donors (Lipinski definition) is 4. The molecule has 1 unspecified atom stereocenters. The molecule has 9 heteroatoms. The number of nitrogen functional groups attached to an aromatic ring is 1. The molecule has 204 valence electrons. The van der Waals surface area contributed by atoms with Crippen molar-refractivity contribution in [3.05, 3.63) is 53.6 Å². The van der Waals surface area contributed by atoms with Crippen LogP contribution >= 0.6 is 0 Å². The summed E-state index contributed by atoms with van der Waals surface area (Å²) in [5.41, 5.74) is 11.3. The zero-order valence-corrected chi connectivity index (χ0v) is 22.8. The zero-order chi connectivity index (χ0) is 27.1. The van der Waals surface area contributed by atoms with E-state index in [9.17, 15) is 0 Å². The summed E-state index contributed by atoms with van der Waals surface area (Å²) in [4.78, 5) is 9.23. The summed E-state index contributed by atoms with van der Waals surface area (Å²) in [6.45, 7) is 10.1. The second-order valence-electron chi connectivity index (χ2n) is 9.91. The van der Waals surface area contributed by atoms with E-state index in [4.69, 9.17) is 20.3 Å². The fraction of sp³-hybridized carbons (Fsp3) is 0.448. The van der Waals surface area contributed by atoms with Gasteiger partial charge in [0.15, 0.2) is 5.82 Å². The van der Waals surface area contributed by atoms with E-state index in [1.807, 2.05) is 6.07 Å². The number of methoxy groups -OCH3 is 1. The Morgan fingerprint density at radius 2 is 2.00 bits per heavy atom. The van der Waals surface area contributed by atoms with E-state index in [0.717, 1.165) is 71.8 Å². The summed E-state index contributed by atoms with van der Waals surface area (Å²) in [5.74, 6) is 2.36. The van der Waals surface area contributed by atoms with Gasteiger partial charge in [-0.25, -0.2) is 4.98 Å². The van der Waals surface area contributed by atoms with Crippen molar-refractivity contribution in [2.75, 3.05) is 44.5 Å². The summed E-state index contributed by atoms with van der Waals surface area (Å²) in [5, 5.41) is 15.7. The first kappa shape index (κ1) is 27.6. The minimum Gasteiger partial charge on any atom is -0.496 e. The van der Waals surface area contributed by atoms with E-state index in [2.05, 4.69) is 75.4 Å². The molecule has 1 aliphatic rings. The van der Waals surface area contributed by atoms with Gasteiger partial charge in [0.2, 0.25) is 5.95 Å². The maximum absolute atomic E-state index is 7.57. The molecular weight excluding hydrogens is 480 g/mol. The van der Waals surface area contributed by atoms with Crippen LogP contribution in [0.4, 0.5) is 11.8 Å². The van der Waals surface area contributed by atoms with Gasteiger partial charge in [0, 0.05) is 43.3 Å². The van der Waals surface area contributed by atoms with Crippen LogP contribution in [0.3, 0.4) is 0 Å². The topological polar surface area (TPSA) is 119 Å². The number of benzene rings is 2. The van der Waals surface area contributed by atoms with Crippen molar-refractivity contribution in [3.63, 3.8) is 0 Å². The van der Waals surface area contributed by atoms with Gasteiger partial charge >= 0.3 is 0 Å². The maximum Gasteiger partial charge on any atom is 0.222 e. The van der Waals surface area contributed by atoms with Crippen LogP contribution in [0.1, 0.15) is 38.3 Å². The van der Waals surface area contributed by atoms with Gasteiger partial charge in [-0.2, -0.15) is 4.98 Å². The second kappa shape index (κ2) is 12.9. The first-order chi connectivity index (χ1) is 18.4. The van der Waals surface area contributed by atoms with Crippen molar-refractivity contribution >= 4 is 33.7 Å². The number of aliphatic hydroxyl groups excluding tert-OH is 1. The third-order valence-electron chi connectivity index (χ3n) is 6.50. The van der Waals surface area contributed by atoms with Gasteiger partial charge < -0.3 is 35.5 Å². The summed E-state index contributed by atoms with van der Waals surface area (Å²) < 4.78 is 13.5. The molecule has 0 aliphatic carbocycles. The van der Waals surface area contributed by atoms with Crippen LogP contribution in [0, 0.1) is 5.92 Å². The number of aromatic nitrogens is 3. The normalized spacial score (nSPS) is 15.2. The lowest BCUT2D eigenvalue weighted by Gasteiger charge is -2.16. The highest BCUT2D eigenvalue weighted by molar-refractivity contribution is 6.09. The molecule has 1 saturated heterocycles. The molecule has 2 aromatic heterocycles. The van der Waals surface area contributed by atoms with Crippen LogP contribution in [-0.2, 0) is 17.8 Å². The number of fused-ring (bicyclic) bond motifs is 3. The number of nitrogens with two attached hydrogens (primary N) is 1. The number of rotatable bonds is 9. The molecule has 5 rings (SSSR count). The number of para-hydroxylation sites is 1. The van der Waals surface area contributed by atoms with E-state index in [1.165, 1.54) is 5.56 Å². The Kier molecular flexibility index (Phi) is 9.38. The molecule has 0 amide bonds. The maximum atomic E-state index is 7.57. The summed E-state index contributed by atoms with van der Waals surface area (Å²) in [6.07, 6.45) is 1.06. The molecule has 0 spiro atoms. The number of aliphatic hydroxyl groups is 1. The molecule has 1 atom stereocenters. The molecule has 1 fully saturated rings. The van der Waals surface area contributed by atoms with Crippen LogP contribution in [0.15, 0.2) is 42.5 Å². The SMILES string of the molecule is CCO.COc1ccc(CNC2CCOC2)cc1Cn1c2ccccc2c2nc(N)nc(NCC(C)C)c21. The Morgan fingerprint density at radius 3 is 2.71 bits per heavy atom. The first-order valence-electron chi connectivity index (χ1n) is 13.3. The zero-order valence-electron chi connectivity index (χ0n) is 22.8. The molecule has 3 heterocycles. The lowest BCUT2D eigenvalue weighted by atomic mass is 10.1. The largest absolute Gasteiger partial charge is 0.496 e. The quantitative estimate of drug-likeness (QED) is 0.260. The van der Waals surface area contributed by atoms with E-state index in [1.54, 1.807) is 14.0 Å². The summed E-state index contributed by atoms with van der Waals surface area (Å²) in [6, 6.07) is 15.1. The molecule has 2 aromatic carbocycles. The Hall–Kier alpha value is -3.40. The van der Waals surface area contributed by atoms with E-state index in [0.29, 0.717) is 18.5 Å². The molecule has 1 aliphatic heterocycles. The predicted molar refractivity (Wildman–Crippen MR) is 154 cm³/mol. The molecule has 4 aromatic rings. The highest BCUT2D eigenvalue weighted by atomic mass is 16.5. The van der Waals surface area contributed by atoms with Gasteiger partial charge in [0.1, 0.15) is 16.8 Å². The minimum absolute atomic E-state index is 0.250. The lowest BCUT2D eigenvalue weighted by molar-refractivity contribution is 0.190. The van der Waals surface area contributed by atoms with Gasteiger partial charge in [-0.1, -0.05) is 38.1 Å². The van der Waals surface area contributed by atoms with Gasteiger partial charge in [0.05, 0.1) is 25.8 Å². The lowest BCUT2D eigenvalue weighted by Crippen LogP contribution is -2.28. The third kappa shape index (κ3) is 6.35. The third-order valence-corrected chi connectivity index (χ3v) is 6.50. The monoisotopic (exact) mass is 520 g/mol. The predicted octanol–water partition coefficient (Wildman–Crippen LogP) is 4.17. The first-order valence-corrected chi connectivity index (χ1v) is 13.3. The Morgan fingerprint density at radius 1 is 1.21 bits per heavy atom. The van der Waals surface area contributed by atoms with Crippen molar-refractivity contribution in [2.45, 2.75) is 46.3 Å². The molecule has 0 saturated carbocycles. The fourth-order valence-electron chi connectivity index (χ4n) is 4.73. The molecule has 5 N–H and O–H groups in total. The van der Waals surface area contributed by atoms with Crippen molar-refractivity contribution < 1.29 is 14.6 Å². The number of ether oxygens (including phenoxy) is 2. The van der Waals surface area contributed by atoms with Gasteiger partial charge in [-0.05, 0) is 43.0 Å². The smallest absolute Gasteiger partial charge is 0.222 e. The van der Waals surface area contributed by atoms with E-state index < -0.39 is 0 Å². The molecule has 9 nitrogen and oxygen atoms in total. The van der Waals surface area contributed by atoms with E-state index >= 15 is 0 Å². The van der Waals surface area contributed by atoms with Crippen molar-refractivity contribution in [1.82, 2.24) is 19.9 Å². The van der Waals surface area contributed by atoms with Crippen LogP contribution in [0.5, 0.6) is 5.75 Å². The minimum atomic E-state index is 0.250. The van der Waals surface area contributed by atoms with Crippen LogP contribution in [0.2, 0.25) is 0 Å². The fourth-order valence-corrected chi connectivity index (χ4v) is 4.73. The van der Waals surface area contributed by atoms with Crippen LogP contribution in [0.25, 0.3) is 21.9 Å². The van der Waals surface area contributed by atoms with Gasteiger partial charge in [-0.3, -0.25) is 0 Å². The average Bonchev–Trinajstić information content (AvgIpc) is 3.54. The molecule has 0 bridgehead atoms. The second-order valence-corrected chi connectivity index (χ2v) is 9.91. The standard InChI is InChI=1S/C27H34N6O2.C2H6O/c1-17(2)13-30-26-25-24(31-27(28)32-26)21-6-4-5-7-22(21)33(25)15-19-12-18(8-9-23(19)34-3)14-29-20-10-11-35-16-20;1-2-3/h4-9,12,17,20,29H,10-11,13-16H2,1-3H3,(H3,28,30,31,32);3H,2H2,1H3. The summed E-state index contributed by atoms with van der Waals surface area (Å²) in [7, 11) is 1.72. The molecule has 0 radical (unpaired) electrons. The van der Waals surface area contributed by atoms with Crippen molar-refractivity contribution in [2.24, 2.45) is 5.92 Å². The Balaban J connectivity index is 0.00000107. The average molecular weight is 521 g/mol. The number of nitrogens with zero attached hydrogens (tertiary/aromatic N) is 3. The Labute approximate surface area is 224 Å².